The molecular weight excluding hydrogens is 331 g/mol. The first-order valence-electron chi connectivity index (χ1n) is 5.94. The highest BCUT2D eigenvalue weighted by molar-refractivity contribution is 9.10. The SMILES string of the molecule is CCOc1ccc(C(Cl)c2ccccc2F)cc1Br. The number of alkyl halides is 1. The first-order chi connectivity index (χ1) is 9.13. The van der Waals surface area contributed by atoms with E-state index < -0.39 is 5.38 Å². The van der Waals surface area contributed by atoms with Gasteiger partial charge in [-0.3, -0.25) is 0 Å². The van der Waals surface area contributed by atoms with E-state index in [1.807, 2.05) is 25.1 Å². The van der Waals surface area contributed by atoms with Gasteiger partial charge in [0, 0.05) is 5.56 Å². The first-order valence-corrected chi connectivity index (χ1v) is 7.17. The Hall–Kier alpha value is -1.06. The summed E-state index contributed by atoms with van der Waals surface area (Å²) in [6, 6.07) is 12.1. The highest BCUT2D eigenvalue weighted by Crippen LogP contribution is 2.35. The maximum Gasteiger partial charge on any atom is 0.133 e. The Morgan fingerprint density at radius 3 is 2.63 bits per heavy atom. The molecule has 0 saturated carbocycles. The molecule has 0 spiro atoms. The van der Waals surface area contributed by atoms with E-state index in [0.29, 0.717) is 12.2 Å². The summed E-state index contributed by atoms with van der Waals surface area (Å²) in [5.41, 5.74) is 1.29. The zero-order valence-corrected chi connectivity index (χ0v) is 12.7. The highest BCUT2D eigenvalue weighted by atomic mass is 79.9. The lowest BCUT2D eigenvalue weighted by Crippen LogP contribution is -1.98. The number of hydrogen-bond acceptors (Lipinski definition) is 1. The summed E-state index contributed by atoms with van der Waals surface area (Å²) in [6.07, 6.45) is 0. The standard InChI is InChI=1S/C15H13BrClFO/c1-2-19-14-8-7-10(9-12(14)16)15(17)11-5-3-4-6-13(11)18/h3-9,15H,2H2,1H3. The molecule has 0 radical (unpaired) electrons. The van der Waals surface area contributed by atoms with E-state index in [1.165, 1.54) is 6.07 Å². The second kappa shape index (κ2) is 6.40. The normalized spacial score (nSPS) is 12.2. The van der Waals surface area contributed by atoms with E-state index in [9.17, 15) is 4.39 Å². The molecule has 0 saturated heterocycles. The van der Waals surface area contributed by atoms with Crippen LogP contribution in [0.15, 0.2) is 46.9 Å². The van der Waals surface area contributed by atoms with Gasteiger partial charge in [0.15, 0.2) is 0 Å². The van der Waals surface area contributed by atoms with Crippen molar-refractivity contribution in [3.05, 3.63) is 63.9 Å². The van der Waals surface area contributed by atoms with Gasteiger partial charge < -0.3 is 4.74 Å². The minimum Gasteiger partial charge on any atom is -0.493 e. The number of rotatable bonds is 4. The molecule has 2 aromatic rings. The van der Waals surface area contributed by atoms with Crippen molar-refractivity contribution in [3.63, 3.8) is 0 Å². The van der Waals surface area contributed by atoms with Crippen LogP contribution in [0.25, 0.3) is 0 Å². The van der Waals surface area contributed by atoms with Gasteiger partial charge in [-0.15, -0.1) is 11.6 Å². The average Bonchev–Trinajstić information content (AvgIpc) is 2.41. The van der Waals surface area contributed by atoms with Gasteiger partial charge in [0.1, 0.15) is 11.6 Å². The highest BCUT2D eigenvalue weighted by Gasteiger charge is 2.16. The van der Waals surface area contributed by atoms with Crippen molar-refractivity contribution in [1.29, 1.82) is 0 Å². The minimum absolute atomic E-state index is 0.299. The molecule has 4 heteroatoms. The van der Waals surface area contributed by atoms with E-state index in [4.69, 9.17) is 16.3 Å². The van der Waals surface area contributed by atoms with Crippen LogP contribution in [0.3, 0.4) is 0 Å². The number of halogens is 3. The van der Waals surface area contributed by atoms with E-state index >= 15 is 0 Å². The summed E-state index contributed by atoms with van der Waals surface area (Å²) in [6.45, 7) is 2.51. The van der Waals surface area contributed by atoms with Gasteiger partial charge in [-0.05, 0) is 46.6 Å². The molecule has 0 aliphatic rings. The third-order valence-corrected chi connectivity index (χ3v) is 3.83. The Balaban J connectivity index is 2.32. The van der Waals surface area contributed by atoms with Gasteiger partial charge in [-0.25, -0.2) is 4.39 Å². The Labute approximate surface area is 125 Å². The van der Waals surface area contributed by atoms with Crippen LogP contribution in [-0.2, 0) is 0 Å². The molecule has 0 aliphatic carbocycles. The monoisotopic (exact) mass is 342 g/mol. The molecule has 1 atom stereocenters. The molecule has 0 aromatic heterocycles. The Morgan fingerprint density at radius 1 is 1.26 bits per heavy atom. The summed E-state index contributed by atoms with van der Waals surface area (Å²) in [7, 11) is 0. The smallest absolute Gasteiger partial charge is 0.133 e. The lowest BCUT2D eigenvalue weighted by Gasteiger charge is -2.13. The van der Waals surface area contributed by atoms with Gasteiger partial charge in [0.2, 0.25) is 0 Å². The van der Waals surface area contributed by atoms with E-state index in [1.54, 1.807) is 18.2 Å². The fourth-order valence-corrected chi connectivity index (χ4v) is 2.63. The molecule has 19 heavy (non-hydrogen) atoms. The fourth-order valence-electron chi connectivity index (χ4n) is 1.81. The van der Waals surface area contributed by atoms with E-state index in [2.05, 4.69) is 15.9 Å². The molecule has 0 fully saturated rings. The molecule has 2 rings (SSSR count). The predicted molar refractivity (Wildman–Crippen MR) is 79.4 cm³/mol. The minimum atomic E-state index is -0.520. The molecule has 0 amide bonds. The summed E-state index contributed by atoms with van der Waals surface area (Å²) in [4.78, 5) is 0. The van der Waals surface area contributed by atoms with Crippen LogP contribution in [0.4, 0.5) is 4.39 Å². The number of hydrogen-bond donors (Lipinski definition) is 0. The molecule has 0 aliphatic heterocycles. The number of benzene rings is 2. The topological polar surface area (TPSA) is 9.23 Å². The Kier molecular flexibility index (Phi) is 4.83. The van der Waals surface area contributed by atoms with Gasteiger partial charge in [-0.2, -0.15) is 0 Å². The molecule has 1 unspecified atom stereocenters. The fraction of sp³-hybridized carbons (Fsp3) is 0.200. The number of ether oxygens (including phenoxy) is 1. The lowest BCUT2D eigenvalue weighted by atomic mass is 10.0. The van der Waals surface area contributed by atoms with Crippen LogP contribution in [0.5, 0.6) is 5.75 Å². The second-order valence-corrected chi connectivity index (χ2v) is 5.30. The van der Waals surface area contributed by atoms with Crippen molar-refractivity contribution in [1.82, 2.24) is 0 Å². The summed E-state index contributed by atoms with van der Waals surface area (Å²) in [5, 5.41) is -0.520. The van der Waals surface area contributed by atoms with Crippen LogP contribution in [-0.4, -0.2) is 6.61 Å². The van der Waals surface area contributed by atoms with Crippen molar-refractivity contribution in [2.24, 2.45) is 0 Å². The third kappa shape index (κ3) is 3.28. The van der Waals surface area contributed by atoms with Crippen LogP contribution in [0, 0.1) is 5.82 Å². The molecule has 0 heterocycles. The molecule has 100 valence electrons. The van der Waals surface area contributed by atoms with Gasteiger partial charge in [0.05, 0.1) is 16.5 Å². The zero-order chi connectivity index (χ0) is 13.8. The van der Waals surface area contributed by atoms with Gasteiger partial charge in [-0.1, -0.05) is 24.3 Å². The van der Waals surface area contributed by atoms with Crippen molar-refractivity contribution in [3.8, 4) is 5.75 Å². The summed E-state index contributed by atoms with van der Waals surface area (Å²) < 4.78 is 20.0. The molecule has 2 aromatic carbocycles. The summed E-state index contributed by atoms with van der Waals surface area (Å²) in [5.74, 6) is 0.455. The molecule has 0 bridgehead atoms. The molecular formula is C15H13BrClFO. The van der Waals surface area contributed by atoms with Crippen molar-refractivity contribution >= 4 is 27.5 Å². The summed E-state index contributed by atoms with van der Waals surface area (Å²) >= 11 is 9.77. The lowest BCUT2D eigenvalue weighted by molar-refractivity contribution is 0.338. The first kappa shape index (κ1) is 14.4. The quantitative estimate of drug-likeness (QED) is 0.683. The largest absolute Gasteiger partial charge is 0.493 e. The van der Waals surface area contributed by atoms with Crippen LogP contribution in [0.2, 0.25) is 0 Å². The molecule has 1 nitrogen and oxygen atoms in total. The van der Waals surface area contributed by atoms with Crippen molar-refractivity contribution in [2.75, 3.05) is 6.61 Å². The van der Waals surface area contributed by atoms with Crippen molar-refractivity contribution in [2.45, 2.75) is 12.3 Å². The van der Waals surface area contributed by atoms with E-state index in [-0.39, 0.29) is 5.82 Å². The van der Waals surface area contributed by atoms with Crippen molar-refractivity contribution < 1.29 is 9.13 Å². The van der Waals surface area contributed by atoms with Gasteiger partial charge in [0.25, 0.3) is 0 Å². The van der Waals surface area contributed by atoms with E-state index in [0.717, 1.165) is 15.8 Å². The average molecular weight is 344 g/mol. The van der Waals surface area contributed by atoms with Crippen LogP contribution >= 0.6 is 27.5 Å². The Morgan fingerprint density at radius 2 is 2.00 bits per heavy atom. The van der Waals surface area contributed by atoms with Crippen LogP contribution < -0.4 is 4.74 Å². The third-order valence-electron chi connectivity index (χ3n) is 2.73. The maximum absolute atomic E-state index is 13.7. The maximum atomic E-state index is 13.7. The molecule has 0 N–H and O–H groups in total. The zero-order valence-electron chi connectivity index (χ0n) is 10.4. The predicted octanol–water partition coefficient (Wildman–Crippen LogP) is 5.32. The van der Waals surface area contributed by atoms with Gasteiger partial charge >= 0.3 is 0 Å². The Bertz CT molecular complexity index is 574. The second-order valence-electron chi connectivity index (χ2n) is 4.01. The van der Waals surface area contributed by atoms with Crippen LogP contribution in [0.1, 0.15) is 23.4 Å².